The maximum Gasteiger partial charge on any atom is 0.0528 e. The predicted octanol–water partition coefficient (Wildman–Crippen LogP) is 1.24. The molecule has 0 bridgehead atoms. The SMILES string of the molecule is C1=NC2CC2CC1. The van der Waals surface area contributed by atoms with Crippen molar-refractivity contribution in [3.8, 4) is 0 Å². The minimum atomic E-state index is 0.772. The van der Waals surface area contributed by atoms with E-state index in [1.807, 2.05) is 0 Å². The van der Waals surface area contributed by atoms with Crippen molar-refractivity contribution in [3.63, 3.8) is 0 Å². The van der Waals surface area contributed by atoms with Crippen LogP contribution in [-0.2, 0) is 0 Å². The van der Waals surface area contributed by atoms with Crippen LogP contribution in [0, 0.1) is 5.92 Å². The van der Waals surface area contributed by atoms with Gasteiger partial charge in [-0.3, -0.25) is 4.99 Å². The number of fused-ring (bicyclic) bond motifs is 1. The lowest BCUT2D eigenvalue weighted by Gasteiger charge is -1.96. The summed E-state index contributed by atoms with van der Waals surface area (Å²) in [6, 6.07) is 0.772. The summed E-state index contributed by atoms with van der Waals surface area (Å²) in [5.74, 6) is 1.00. The summed E-state index contributed by atoms with van der Waals surface area (Å²) in [6.07, 6.45) is 6.11. The van der Waals surface area contributed by atoms with Crippen molar-refractivity contribution >= 4 is 6.21 Å². The van der Waals surface area contributed by atoms with Crippen molar-refractivity contribution in [2.75, 3.05) is 0 Å². The molecule has 0 aromatic carbocycles. The number of rotatable bonds is 0. The van der Waals surface area contributed by atoms with Gasteiger partial charge in [-0.05, 0) is 31.4 Å². The smallest absolute Gasteiger partial charge is 0.0528 e. The second-order valence-electron chi connectivity index (χ2n) is 2.47. The Labute approximate surface area is 43.4 Å². The van der Waals surface area contributed by atoms with Gasteiger partial charge in [0.2, 0.25) is 0 Å². The third kappa shape index (κ3) is 0.476. The Hall–Kier alpha value is -0.330. The molecule has 7 heavy (non-hydrogen) atoms. The normalized spacial score (nSPS) is 45.7. The lowest BCUT2D eigenvalue weighted by molar-refractivity contribution is 0.707. The van der Waals surface area contributed by atoms with E-state index < -0.39 is 0 Å². The Balaban J connectivity index is 2.14. The molecule has 1 aliphatic carbocycles. The lowest BCUT2D eigenvalue weighted by atomic mass is 10.2. The standard InChI is InChI=1S/C6H9N/c1-2-5-4-6(5)7-3-1/h3,5-6H,1-2,4H2. The topological polar surface area (TPSA) is 12.4 Å². The minimum Gasteiger partial charge on any atom is -0.294 e. The molecule has 1 heterocycles. The summed E-state index contributed by atoms with van der Waals surface area (Å²) in [5, 5.41) is 0. The first kappa shape index (κ1) is 3.65. The van der Waals surface area contributed by atoms with E-state index in [-0.39, 0.29) is 0 Å². The van der Waals surface area contributed by atoms with E-state index in [0.717, 1.165) is 12.0 Å². The van der Waals surface area contributed by atoms with E-state index in [1.54, 1.807) is 0 Å². The van der Waals surface area contributed by atoms with E-state index >= 15 is 0 Å². The summed E-state index contributed by atoms with van der Waals surface area (Å²) in [4.78, 5) is 4.28. The second kappa shape index (κ2) is 1.09. The Morgan fingerprint density at radius 2 is 2.57 bits per heavy atom. The van der Waals surface area contributed by atoms with Gasteiger partial charge >= 0.3 is 0 Å². The van der Waals surface area contributed by atoms with E-state index in [0.29, 0.717) is 0 Å². The molecule has 2 rings (SSSR count). The molecule has 2 aliphatic rings. The molecule has 0 amide bonds. The van der Waals surface area contributed by atoms with Gasteiger partial charge < -0.3 is 0 Å². The van der Waals surface area contributed by atoms with Crippen LogP contribution in [0.1, 0.15) is 19.3 Å². The third-order valence-electron chi connectivity index (χ3n) is 1.85. The van der Waals surface area contributed by atoms with Crippen LogP contribution in [0.4, 0.5) is 0 Å². The molecular weight excluding hydrogens is 86.1 g/mol. The molecule has 0 aromatic rings. The summed E-state index contributed by atoms with van der Waals surface area (Å²) in [7, 11) is 0. The summed E-state index contributed by atoms with van der Waals surface area (Å²) in [5.41, 5.74) is 0. The highest BCUT2D eigenvalue weighted by Crippen LogP contribution is 2.39. The Morgan fingerprint density at radius 1 is 1.57 bits per heavy atom. The molecule has 1 nitrogen and oxygen atoms in total. The largest absolute Gasteiger partial charge is 0.294 e. The number of hydrogen-bond acceptors (Lipinski definition) is 1. The summed E-state index contributed by atoms with van der Waals surface area (Å²) in [6.45, 7) is 0. The van der Waals surface area contributed by atoms with Gasteiger partial charge in [-0.2, -0.15) is 0 Å². The van der Waals surface area contributed by atoms with Gasteiger partial charge in [-0.15, -0.1) is 0 Å². The molecular formula is C6H9N. The van der Waals surface area contributed by atoms with Crippen LogP contribution in [0.5, 0.6) is 0 Å². The van der Waals surface area contributed by atoms with Gasteiger partial charge in [-0.25, -0.2) is 0 Å². The van der Waals surface area contributed by atoms with Gasteiger partial charge in [0.25, 0.3) is 0 Å². The zero-order valence-corrected chi connectivity index (χ0v) is 4.30. The van der Waals surface area contributed by atoms with Crippen LogP contribution in [0.15, 0.2) is 4.99 Å². The fourth-order valence-corrected chi connectivity index (χ4v) is 1.22. The van der Waals surface area contributed by atoms with Crippen molar-refractivity contribution in [1.29, 1.82) is 0 Å². The molecule has 1 fully saturated rings. The van der Waals surface area contributed by atoms with E-state index in [4.69, 9.17) is 0 Å². The molecule has 1 heteroatoms. The molecule has 0 aromatic heterocycles. The average molecular weight is 95.1 g/mol. The first-order valence-corrected chi connectivity index (χ1v) is 2.98. The van der Waals surface area contributed by atoms with E-state index in [2.05, 4.69) is 11.2 Å². The van der Waals surface area contributed by atoms with Crippen LogP contribution < -0.4 is 0 Å². The van der Waals surface area contributed by atoms with Crippen LogP contribution >= 0.6 is 0 Å². The zero-order valence-electron chi connectivity index (χ0n) is 4.30. The van der Waals surface area contributed by atoms with Crippen molar-refractivity contribution in [2.24, 2.45) is 10.9 Å². The van der Waals surface area contributed by atoms with Crippen LogP contribution in [0.25, 0.3) is 0 Å². The molecule has 0 N–H and O–H groups in total. The van der Waals surface area contributed by atoms with Crippen LogP contribution in [0.2, 0.25) is 0 Å². The lowest BCUT2D eigenvalue weighted by Crippen LogP contribution is -1.92. The monoisotopic (exact) mass is 95.1 g/mol. The van der Waals surface area contributed by atoms with Gasteiger partial charge in [0.15, 0.2) is 0 Å². The fourth-order valence-electron chi connectivity index (χ4n) is 1.22. The Bertz CT molecular complexity index is 107. The highest BCUT2D eigenvalue weighted by atomic mass is 14.9. The molecule has 38 valence electrons. The maximum atomic E-state index is 4.28. The molecule has 1 aliphatic heterocycles. The predicted molar refractivity (Wildman–Crippen MR) is 29.6 cm³/mol. The van der Waals surface area contributed by atoms with Gasteiger partial charge in [0.1, 0.15) is 0 Å². The second-order valence-corrected chi connectivity index (χ2v) is 2.47. The van der Waals surface area contributed by atoms with Crippen molar-refractivity contribution in [3.05, 3.63) is 0 Å². The molecule has 0 saturated heterocycles. The molecule has 0 radical (unpaired) electrons. The average Bonchev–Trinajstić information content (AvgIpc) is 2.41. The minimum absolute atomic E-state index is 0.772. The van der Waals surface area contributed by atoms with Crippen molar-refractivity contribution in [1.82, 2.24) is 0 Å². The van der Waals surface area contributed by atoms with E-state index in [1.165, 1.54) is 19.3 Å². The first-order chi connectivity index (χ1) is 3.47. The van der Waals surface area contributed by atoms with Gasteiger partial charge in [0.05, 0.1) is 6.04 Å². The van der Waals surface area contributed by atoms with E-state index in [9.17, 15) is 0 Å². The van der Waals surface area contributed by atoms with Crippen molar-refractivity contribution in [2.45, 2.75) is 25.3 Å². The molecule has 2 atom stereocenters. The number of hydrogen-bond donors (Lipinski definition) is 0. The fraction of sp³-hybridized carbons (Fsp3) is 0.833. The van der Waals surface area contributed by atoms with Crippen molar-refractivity contribution < 1.29 is 0 Å². The summed E-state index contributed by atoms with van der Waals surface area (Å²) >= 11 is 0. The van der Waals surface area contributed by atoms with Gasteiger partial charge in [-0.1, -0.05) is 0 Å². The highest BCUT2D eigenvalue weighted by Gasteiger charge is 2.37. The first-order valence-electron chi connectivity index (χ1n) is 2.98. The van der Waals surface area contributed by atoms with Crippen LogP contribution in [0.3, 0.4) is 0 Å². The quantitative estimate of drug-likeness (QED) is 0.429. The zero-order chi connectivity index (χ0) is 4.69. The molecule has 0 spiro atoms. The number of nitrogens with zero attached hydrogens (tertiary/aromatic N) is 1. The molecule has 1 saturated carbocycles. The number of aliphatic imine (C=N–C) groups is 1. The highest BCUT2D eigenvalue weighted by molar-refractivity contribution is 5.59. The summed E-state index contributed by atoms with van der Waals surface area (Å²) < 4.78 is 0. The Morgan fingerprint density at radius 3 is 3.14 bits per heavy atom. The molecule has 2 unspecified atom stereocenters. The van der Waals surface area contributed by atoms with Gasteiger partial charge in [0, 0.05) is 0 Å². The maximum absolute atomic E-state index is 4.28. The third-order valence-corrected chi connectivity index (χ3v) is 1.85. The Kier molecular flexibility index (Phi) is 0.566. The van der Waals surface area contributed by atoms with Crippen LogP contribution in [-0.4, -0.2) is 12.3 Å².